The number of esters is 1. The molecule has 6 heteroatoms. The van der Waals surface area contributed by atoms with Gasteiger partial charge in [0.15, 0.2) is 6.61 Å². The molecule has 0 aliphatic rings. The number of ether oxygens (including phenoxy) is 1. The topological polar surface area (TPSA) is 55.4 Å². The van der Waals surface area contributed by atoms with Gasteiger partial charge in [-0.25, -0.2) is 9.18 Å². The number of hydrogen-bond acceptors (Lipinski definition) is 3. The van der Waals surface area contributed by atoms with Crippen LogP contribution in [0.5, 0.6) is 0 Å². The Kier molecular flexibility index (Phi) is 6.26. The molecular formula is C18H15BrFNO3. The summed E-state index contributed by atoms with van der Waals surface area (Å²) in [7, 11) is 0. The Morgan fingerprint density at radius 3 is 2.71 bits per heavy atom. The highest BCUT2D eigenvalue weighted by Crippen LogP contribution is 2.23. The quantitative estimate of drug-likeness (QED) is 0.616. The second-order valence-corrected chi connectivity index (χ2v) is 5.85. The van der Waals surface area contributed by atoms with Crippen LogP contribution in [-0.2, 0) is 14.3 Å². The number of anilines is 1. The first-order valence-electron chi connectivity index (χ1n) is 7.11. The summed E-state index contributed by atoms with van der Waals surface area (Å²) in [4.78, 5) is 23.4. The molecule has 0 radical (unpaired) electrons. The molecule has 0 fully saturated rings. The highest BCUT2D eigenvalue weighted by atomic mass is 79.9. The van der Waals surface area contributed by atoms with Crippen molar-refractivity contribution < 1.29 is 18.7 Å². The minimum atomic E-state index is -0.726. The molecule has 0 heterocycles. The molecule has 0 saturated carbocycles. The molecule has 1 N–H and O–H groups in total. The molecule has 0 bridgehead atoms. The highest BCUT2D eigenvalue weighted by Gasteiger charge is 2.08. The van der Waals surface area contributed by atoms with Crippen LogP contribution in [0.2, 0.25) is 0 Å². The molecular weight excluding hydrogens is 377 g/mol. The van der Waals surface area contributed by atoms with E-state index in [9.17, 15) is 14.0 Å². The van der Waals surface area contributed by atoms with Crippen LogP contribution in [0.15, 0.2) is 53.0 Å². The summed E-state index contributed by atoms with van der Waals surface area (Å²) in [6, 6.07) is 11.5. The fourth-order valence-electron chi connectivity index (χ4n) is 1.86. The normalized spacial score (nSPS) is 10.6. The molecule has 0 unspecified atom stereocenters. The van der Waals surface area contributed by atoms with Crippen LogP contribution >= 0.6 is 15.9 Å². The fraction of sp³-hybridized carbons (Fsp3) is 0.111. The number of carbonyl (C=O) groups is 2. The Bertz CT molecular complexity index is 790. The van der Waals surface area contributed by atoms with Crippen molar-refractivity contribution >= 4 is 39.6 Å². The number of benzene rings is 2. The molecule has 0 atom stereocenters. The maximum Gasteiger partial charge on any atom is 0.331 e. The SMILES string of the molecule is Cc1ccc(NC(=O)COC(=O)/C=C/c2ccccc2F)c(Br)c1. The summed E-state index contributed by atoms with van der Waals surface area (Å²) >= 11 is 3.34. The lowest BCUT2D eigenvalue weighted by molar-refractivity contribution is -0.142. The van der Waals surface area contributed by atoms with Crippen LogP contribution < -0.4 is 5.32 Å². The van der Waals surface area contributed by atoms with Gasteiger partial charge in [-0.05, 0) is 52.7 Å². The second kappa shape index (κ2) is 8.40. The Morgan fingerprint density at radius 2 is 2.00 bits per heavy atom. The molecule has 1 amide bonds. The third kappa shape index (κ3) is 5.31. The zero-order valence-electron chi connectivity index (χ0n) is 12.9. The van der Waals surface area contributed by atoms with E-state index >= 15 is 0 Å². The third-order valence-corrected chi connectivity index (χ3v) is 3.70. The van der Waals surface area contributed by atoms with Gasteiger partial charge in [-0.2, -0.15) is 0 Å². The molecule has 0 aliphatic heterocycles. The van der Waals surface area contributed by atoms with E-state index in [1.54, 1.807) is 18.2 Å². The number of hydrogen-bond donors (Lipinski definition) is 1. The molecule has 0 saturated heterocycles. The van der Waals surface area contributed by atoms with Crippen molar-refractivity contribution in [2.75, 3.05) is 11.9 Å². The number of amides is 1. The van der Waals surface area contributed by atoms with Crippen molar-refractivity contribution in [3.8, 4) is 0 Å². The maximum atomic E-state index is 13.4. The number of nitrogens with one attached hydrogen (secondary N) is 1. The van der Waals surface area contributed by atoms with Gasteiger partial charge in [0, 0.05) is 16.1 Å². The summed E-state index contributed by atoms with van der Waals surface area (Å²) < 4.78 is 19.0. The monoisotopic (exact) mass is 391 g/mol. The highest BCUT2D eigenvalue weighted by molar-refractivity contribution is 9.10. The lowest BCUT2D eigenvalue weighted by atomic mass is 10.2. The Hall–Kier alpha value is -2.47. The molecule has 2 rings (SSSR count). The first-order chi connectivity index (χ1) is 11.5. The molecule has 0 aromatic heterocycles. The van der Waals surface area contributed by atoms with Crippen molar-refractivity contribution in [2.24, 2.45) is 0 Å². The standard InChI is InChI=1S/C18H15BrFNO3/c1-12-6-8-16(14(19)10-12)21-17(22)11-24-18(23)9-7-13-4-2-3-5-15(13)20/h2-10H,11H2,1H3,(H,21,22)/b9-7+. The molecule has 124 valence electrons. The van der Waals surface area contributed by atoms with E-state index in [0.29, 0.717) is 5.69 Å². The zero-order chi connectivity index (χ0) is 17.5. The van der Waals surface area contributed by atoms with Crippen LogP contribution in [0.25, 0.3) is 6.08 Å². The van der Waals surface area contributed by atoms with Gasteiger partial charge in [0.25, 0.3) is 5.91 Å². The van der Waals surface area contributed by atoms with Gasteiger partial charge < -0.3 is 10.1 Å². The summed E-state index contributed by atoms with van der Waals surface area (Å²) in [5, 5.41) is 2.63. The van der Waals surface area contributed by atoms with Gasteiger partial charge in [-0.3, -0.25) is 4.79 Å². The smallest absolute Gasteiger partial charge is 0.331 e. The Morgan fingerprint density at radius 1 is 1.25 bits per heavy atom. The molecule has 0 aliphatic carbocycles. The summed E-state index contributed by atoms with van der Waals surface area (Å²) in [5.41, 5.74) is 1.90. The van der Waals surface area contributed by atoms with Crippen LogP contribution in [0, 0.1) is 12.7 Å². The summed E-state index contributed by atoms with van der Waals surface area (Å²) in [6.45, 7) is 1.50. The van der Waals surface area contributed by atoms with Crippen LogP contribution in [0.3, 0.4) is 0 Å². The molecule has 24 heavy (non-hydrogen) atoms. The van der Waals surface area contributed by atoms with Gasteiger partial charge in [-0.1, -0.05) is 24.3 Å². The lowest BCUT2D eigenvalue weighted by Gasteiger charge is -2.08. The minimum absolute atomic E-state index is 0.266. The van der Waals surface area contributed by atoms with E-state index in [1.807, 2.05) is 19.1 Å². The van der Waals surface area contributed by atoms with Crippen LogP contribution in [-0.4, -0.2) is 18.5 Å². The maximum absolute atomic E-state index is 13.4. The van der Waals surface area contributed by atoms with Gasteiger partial charge in [0.1, 0.15) is 5.82 Å². The van der Waals surface area contributed by atoms with E-state index in [0.717, 1.165) is 16.1 Å². The van der Waals surface area contributed by atoms with E-state index in [-0.39, 0.29) is 5.56 Å². The van der Waals surface area contributed by atoms with Crippen LogP contribution in [0.1, 0.15) is 11.1 Å². The van der Waals surface area contributed by atoms with E-state index in [1.165, 1.54) is 18.2 Å². The van der Waals surface area contributed by atoms with Crippen molar-refractivity contribution in [1.82, 2.24) is 0 Å². The number of carbonyl (C=O) groups excluding carboxylic acids is 2. The average molecular weight is 392 g/mol. The molecule has 0 spiro atoms. The van der Waals surface area contributed by atoms with E-state index in [2.05, 4.69) is 21.2 Å². The second-order valence-electron chi connectivity index (χ2n) is 4.99. The van der Waals surface area contributed by atoms with Crippen molar-refractivity contribution in [3.63, 3.8) is 0 Å². The van der Waals surface area contributed by atoms with Gasteiger partial charge in [-0.15, -0.1) is 0 Å². The van der Waals surface area contributed by atoms with Gasteiger partial charge in [0.05, 0.1) is 5.69 Å². The number of aryl methyl sites for hydroxylation is 1. The Labute approximate surface area is 147 Å². The van der Waals surface area contributed by atoms with Crippen molar-refractivity contribution in [1.29, 1.82) is 0 Å². The van der Waals surface area contributed by atoms with Gasteiger partial charge in [0.2, 0.25) is 0 Å². The summed E-state index contributed by atoms with van der Waals surface area (Å²) in [5.74, 6) is -1.63. The van der Waals surface area contributed by atoms with Crippen molar-refractivity contribution in [2.45, 2.75) is 6.92 Å². The van der Waals surface area contributed by atoms with E-state index in [4.69, 9.17) is 4.74 Å². The first kappa shape index (κ1) is 17.9. The Balaban J connectivity index is 1.85. The minimum Gasteiger partial charge on any atom is -0.452 e. The predicted octanol–water partition coefficient (Wildman–Crippen LogP) is 4.09. The fourth-order valence-corrected chi connectivity index (χ4v) is 2.45. The molecule has 2 aromatic carbocycles. The van der Waals surface area contributed by atoms with Crippen LogP contribution in [0.4, 0.5) is 10.1 Å². The number of halogens is 2. The van der Waals surface area contributed by atoms with E-state index < -0.39 is 24.3 Å². The molecule has 4 nitrogen and oxygen atoms in total. The van der Waals surface area contributed by atoms with Crippen molar-refractivity contribution in [3.05, 3.63) is 70.0 Å². The largest absolute Gasteiger partial charge is 0.452 e. The zero-order valence-corrected chi connectivity index (χ0v) is 14.5. The summed E-state index contributed by atoms with van der Waals surface area (Å²) in [6.07, 6.45) is 2.37. The first-order valence-corrected chi connectivity index (χ1v) is 7.90. The average Bonchev–Trinajstić information content (AvgIpc) is 2.55. The van der Waals surface area contributed by atoms with Gasteiger partial charge >= 0.3 is 5.97 Å². The lowest BCUT2D eigenvalue weighted by Crippen LogP contribution is -2.20. The number of rotatable bonds is 5. The predicted molar refractivity (Wildman–Crippen MR) is 93.9 cm³/mol. The third-order valence-electron chi connectivity index (χ3n) is 3.05. The molecule has 2 aromatic rings.